The Kier molecular flexibility index (Phi) is 4.28. The lowest BCUT2D eigenvalue weighted by Crippen LogP contribution is -2.13. The Morgan fingerprint density at radius 2 is 1.67 bits per heavy atom. The van der Waals surface area contributed by atoms with Gasteiger partial charge in [-0.05, 0) is 17.7 Å². The van der Waals surface area contributed by atoms with Crippen LogP contribution in [0.3, 0.4) is 0 Å². The fraction of sp³-hybridized carbons (Fsp3) is 0.125. The molecule has 0 unspecified atom stereocenters. The zero-order chi connectivity index (χ0) is 14.5. The second-order valence-corrected chi connectivity index (χ2v) is 5.15. The maximum absolute atomic E-state index is 5.87. The standard InChI is InChI=1S/C16H15ClN4/c17-14-8-6-12(7-9-14)10-18-11-15-16(20-21-19-15)13-4-2-1-3-5-13/h1-9,18H,10-11H2,(H,19,20,21). The first kappa shape index (κ1) is 13.8. The number of aromatic amines is 1. The van der Waals surface area contributed by atoms with Gasteiger partial charge in [-0.25, -0.2) is 0 Å². The Labute approximate surface area is 128 Å². The maximum atomic E-state index is 5.87. The molecule has 0 bridgehead atoms. The van der Waals surface area contributed by atoms with Crippen molar-refractivity contribution < 1.29 is 0 Å². The van der Waals surface area contributed by atoms with Crippen LogP contribution >= 0.6 is 11.6 Å². The molecule has 5 heteroatoms. The number of benzene rings is 2. The molecule has 3 aromatic rings. The molecule has 0 saturated carbocycles. The van der Waals surface area contributed by atoms with Crippen LogP contribution in [0.1, 0.15) is 11.3 Å². The topological polar surface area (TPSA) is 53.6 Å². The lowest BCUT2D eigenvalue weighted by atomic mass is 10.1. The fourth-order valence-electron chi connectivity index (χ4n) is 2.13. The average molecular weight is 299 g/mol. The predicted octanol–water partition coefficient (Wildman–Crippen LogP) is 3.41. The maximum Gasteiger partial charge on any atom is 0.117 e. The van der Waals surface area contributed by atoms with Crippen molar-refractivity contribution >= 4 is 11.6 Å². The third kappa shape index (κ3) is 3.48. The molecule has 1 heterocycles. The van der Waals surface area contributed by atoms with Crippen LogP contribution in [-0.2, 0) is 13.1 Å². The molecular formula is C16H15ClN4. The van der Waals surface area contributed by atoms with Crippen molar-refractivity contribution in [1.82, 2.24) is 20.7 Å². The summed E-state index contributed by atoms with van der Waals surface area (Å²) in [5, 5.41) is 15.3. The first-order valence-corrected chi connectivity index (χ1v) is 7.11. The Morgan fingerprint density at radius 3 is 2.43 bits per heavy atom. The van der Waals surface area contributed by atoms with Gasteiger partial charge in [0.2, 0.25) is 0 Å². The first-order valence-electron chi connectivity index (χ1n) is 6.73. The Bertz CT molecular complexity index is 692. The Hall–Kier alpha value is -2.17. The molecule has 0 aliphatic carbocycles. The molecule has 0 amide bonds. The van der Waals surface area contributed by atoms with Crippen molar-refractivity contribution in [3.05, 3.63) is 70.9 Å². The van der Waals surface area contributed by atoms with Gasteiger partial charge >= 0.3 is 0 Å². The molecule has 0 aliphatic heterocycles. The quantitative estimate of drug-likeness (QED) is 0.759. The largest absolute Gasteiger partial charge is 0.307 e. The molecule has 3 rings (SSSR count). The van der Waals surface area contributed by atoms with E-state index >= 15 is 0 Å². The molecule has 2 aromatic carbocycles. The smallest absolute Gasteiger partial charge is 0.117 e. The van der Waals surface area contributed by atoms with Gasteiger partial charge in [-0.2, -0.15) is 15.4 Å². The van der Waals surface area contributed by atoms with Crippen LogP contribution in [-0.4, -0.2) is 15.4 Å². The lowest BCUT2D eigenvalue weighted by Gasteiger charge is -2.04. The molecule has 0 atom stereocenters. The molecule has 106 valence electrons. The summed E-state index contributed by atoms with van der Waals surface area (Å²) in [6.07, 6.45) is 0. The zero-order valence-electron chi connectivity index (χ0n) is 11.4. The monoisotopic (exact) mass is 298 g/mol. The first-order chi connectivity index (χ1) is 10.3. The summed E-state index contributed by atoms with van der Waals surface area (Å²) >= 11 is 5.87. The van der Waals surface area contributed by atoms with Crippen LogP contribution in [0.2, 0.25) is 5.02 Å². The molecule has 21 heavy (non-hydrogen) atoms. The van der Waals surface area contributed by atoms with Crippen molar-refractivity contribution in [2.24, 2.45) is 0 Å². The van der Waals surface area contributed by atoms with Crippen molar-refractivity contribution in [1.29, 1.82) is 0 Å². The van der Waals surface area contributed by atoms with E-state index in [2.05, 4.69) is 20.7 Å². The fourth-order valence-corrected chi connectivity index (χ4v) is 2.26. The van der Waals surface area contributed by atoms with Gasteiger partial charge in [0.15, 0.2) is 0 Å². The third-order valence-corrected chi connectivity index (χ3v) is 3.45. The summed E-state index contributed by atoms with van der Waals surface area (Å²) in [4.78, 5) is 0. The van der Waals surface area contributed by atoms with Crippen LogP contribution in [0.4, 0.5) is 0 Å². The molecule has 0 saturated heterocycles. The Balaban J connectivity index is 1.64. The number of aromatic nitrogens is 3. The number of H-pyrrole nitrogens is 1. The van der Waals surface area contributed by atoms with Crippen LogP contribution in [0.15, 0.2) is 54.6 Å². The number of hydrogen-bond donors (Lipinski definition) is 2. The highest BCUT2D eigenvalue weighted by atomic mass is 35.5. The molecule has 0 radical (unpaired) electrons. The molecule has 4 nitrogen and oxygen atoms in total. The van der Waals surface area contributed by atoms with E-state index in [0.717, 1.165) is 28.5 Å². The highest BCUT2D eigenvalue weighted by molar-refractivity contribution is 6.30. The summed E-state index contributed by atoms with van der Waals surface area (Å²) in [6.45, 7) is 1.42. The summed E-state index contributed by atoms with van der Waals surface area (Å²) < 4.78 is 0. The lowest BCUT2D eigenvalue weighted by molar-refractivity contribution is 0.678. The van der Waals surface area contributed by atoms with E-state index in [0.29, 0.717) is 6.54 Å². The van der Waals surface area contributed by atoms with Gasteiger partial charge in [-0.1, -0.05) is 54.1 Å². The normalized spacial score (nSPS) is 10.7. The number of nitrogens with one attached hydrogen (secondary N) is 2. The SMILES string of the molecule is Clc1ccc(CNCc2n[nH]nc2-c2ccccc2)cc1. The predicted molar refractivity (Wildman–Crippen MR) is 83.8 cm³/mol. The van der Waals surface area contributed by atoms with Gasteiger partial charge in [-0.15, -0.1) is 0 Å². The number of rotatable bonds is 5. The molecular weight excluding hydrogens is 284 g/mol. The summed E-state index contributed by atoms with van der Waals surface area (Å²) in [5.74, 6) is 0. The van der Waals surface area contributed by atoms with Crippen LogP contribution in [0, 0.1) is 0 Å². The van der Waals surface area contributed by atoms with E-state index in [1.54, 1.807) is 0 Å². The highest BCUT2D eigenvalue weighted by Gasteiger charge is 2.09. The second kappa shape index (κ2) is 6.52. The highest BCUT2D eigenvalue weighted by Crippen LogP contribution is 2.18. The van der Waals surface area contributed by atoms with Crippen molar-refractivity contribution in [2.75, 3.05) is 0 Å². The van der Waals surface area contributed by atoms with Gasteiger partial charge in [0.05, 0.1) is 0 Å². The van der Waals surface area contributed by atoms with Crippen LogP contribution in [0.5, 0.6) is 0 Å². The van der Waals surface area contributed by atoms with E-state index in [1.165, 1.54) is 5.56 Å². The van der Waals surface area contributed by atoms with Gasteiger partial charge < -0.3 is 5.32 Å². The van der Waals surface area contributed by atoms with E-state index in [4.69, 9.17) is 11.6 Å². The van der Waals surface area contributed by atoms with Gasteiger partial charge in [0.25, 0.3) is 0 Å². The minimum atomic E-state index is 0.656. The summed E-state index contributed by atoms with van der Waals surface area (Å²) in [6, 6.07) is 17.8. The Morgan fingerprint density at radius 1 is 0.905 bits per heavy atom. The second-order valence-electron chi connectivity index (χ2n) is 4.71. The van der Waals surface area contributed by atoms with Crippen molar-refractivity contribution in [3.8, 4) is 11.3 Å². The molecule has 0 spiro atoms. The number of nitrogens with zero attached hydrogens (tertiary/aromatic N) is 2. The van der Waals surface area contributed by atoms with E-state index in [1.807, 2.05) is 54.6 Å². The molecule has 0 fully saturated rings. The van der Waals surface area contributed by atoms with E-state index in [-0.39, 0.29) is 0 Å². The molecule has 1 aromatic heterocycles. The van der Waals surface area contributed by atoms with E-state index < -0.39 is 0 Å². The molecule has 0 aliphatic rings. The molecule has 2 N–H and O–H groups in total. The van der Waals surface area contributed by atoms with Crippen molar-refractivity contribution in [2.45, 2.75) is 13.1 Å². The number of halogens is 1. The van der Waals surface area contributed by atoms with Gasteiger partial charge in [0, 0.05) is 23.7 Å². The van der Waals surface area contributed by atoms with Crippen LogP contribution in [0.25, 0.3) is 11.3 Å². The minimum Gasteiger partial charge on any atom is -0.307 e. The van der Waals surface area contributed by atoms with Gasteiger partial charge in [0.1, 0.15) is 11.4 Å². The number of hydrogen-bond acceptors (Lipinski definition) is 3. The van der Waals surface area contributed by atoms with Gasteiger partial charge in [-0.3, -0.25) is 0 Å². The third-order valence-electron chi connectivity index (χ3n) is 3.20. The van der Waals surface area contributed by atoms with E-state index in [9.17, 15) is 0 Å². The summed E-state index contributed by atoms with van der Waals surface area (Å²) in [7, 11) is 0. The summed E-state index contributed by atoms with van der Waals surface area (Å²) in [5.41, 5.74) is 4.05. The minimum absolute atomic E-state index is 0.656. The average Bonchev–Trinajstić information content (AvgIpc) is 2.99. The zero-order valence-corrected chi connectivity index (χ0v) is 12.1. The van der Waals surface area contributed by atoms with Crippen molar-refractivity contribution in [3.63, 3.8) is 0 Å². The van der Waals surface area contributed by atoms with Crippen LogP contribution < -0.4 is 5.32 Å².